The Morgan fingerprint density at radius 1 is 1.09 bits per heavy atom. The molecule has 0 radical (unpaired) electrons. The molecule has 4 rings (SSSR count). The molecule has 0 unspecified atom stereocenters. The van der Waals surface area contributed by atoms with Crippen LogP contribution in [0.5, 0.6) is 5.75 Å². The number of hydrogen-bond acceptors (Lipinski definition) is 3. The van der Waals surface area contributed by atoms with Crippen LogP contribution >= 0.6 is 11.6 Å². The first-order chi connectivity index (χ1) is 15.4. The third-order valence-corrected chi connectivity index (χ3v) is 5.64. The third-order valence-electron chi connectivity index (χ3n) is 5.29. The first kappa shape index (κ1) is 21.9. The van der Waals surface area contributed by atoms with Crippen molar-refractivity contribution in [2.24, 2.45) is 5.73 Å². The molecule has 0 aliphatic carbocycles. The Hall–Kier alpha value is -3.35. The Kier molecular flexibility index (Phi) is 6.44. The number of fused-ring (bicyclic) bond motifs is 1. The van der Waals surface area contributed by atoms with Gasteiger partial charge in [-0.1, -0.05) is 29.8 Å². The van der Waals surface area contributed by atoms with Gasteiger partial charge in [-0.2, -0.15) is 0 Å². The summed E-state index contributed by atoms with van der Waals surface area (Å²) in [7, 11) is 0. The molecule has 32 heavy (non-hydrogen) atoms. The lowest BCUT2D eigenvalue weighted by Crippen LogP contribution is -2.03. The fraction of sp³-hybridized carbons (Fsp3) is 0.160. The Bertz CT molecular complexity index is 1290. The van der Waals surface area contributed by atoms with E-state index in [4.69, 9.17) is 22.1 Å². The van der Waals surface area contributed by atoms with E-state index in [-0.39, 0.29) is 18.0 Å². The summed E-state index contributed by atoms with van der Waals surface area (Å²) < 4.78 is 21.3. The maximum atomic E-state index is 13.3. The van der Waals surface area contributed by atoms with Gasteiger partial charge in [0, 0.05) is 29.2 Å². The van der Waals surface area contributed by atoms with Crippen LogP contribution in [-0.4, -0.2) is 22.2 Å². The quantitative estimate of drug-likeness (QED) is 0.382. The number of benzene rings is 3. The summed E-state index contributed by atoms with van der Waals surface area (Å²) in [5.41, 5.74) is 9.76. The number of carboxylic acids is 1. The summed E-state index contributed by atoms with van der Waals surface area (Å²) in [6.45, 7) is 1.26. The fourth-order valence-electron chi connectivity index (χ4n) is 3.72. The number of nitrogens with zero attached hydrogens (tertiary/aromatic N) is 1. The largest absolute Gasteiger partial charge is 0.489 e. The third kappa shape index (κ3) is 4.77. The zero-order chi connectivity index (χ0) is 22.7. The second-order valence-corrected chi connectivity index (χ2v) is 7.94. The maximum Gasteiger partial charge on any atom is 0.335 e. The van der Waals surface area contributed by atoms with Gasteiger partial charge in [0.1, 0.15) is 18.2 Å². The average Bonchev–Trinajstić information content (AvgIpc) is 3.10. The normalized spacial score (nSPS) is 11.1. The van der Waals surface area contributed by atoms with E-state index >= 15 is 0 Å². The minimum absolute atomic E-state index is 0.222. The van der Waals surface area contributed by atoms with Crippen molar-refractivity contribution in [1.29, 1.82) is 0 Å². The first-order valence-electron chi connectivity index (χ1n) is 10.2. The van der Waals surface area contributed by atoms with Crippen molar-refractivity contribution >= 4 is 28.5 Å². The molecule has 0 amide bonds. The van der Waals surface area contributed by atoms with Crippen LogP contribution in [0.3, 0.4) is 0 Å². The van der Waals surface area contributed by atoms with E-state index in [1.54, 1.807) is 24.3 Å². The standard InChI is InChI=1S/C25H22ClFN2O3/c26-23-11-20(27)5-4-19(23)15-32-21-6-7-24-22(12-21)18(8-9-28)14-29(24)13-16-2-1-3-17(10-16)25(30)31/h1-7,10-12,14H,8-9,13,15,28H2,(H,30,31). The lowest BCUT2D eigenvalue weighted by Gasteiger charge is -2.10. The first-order valence-corrected chi connectivity index (χ1v) is 10.5. The predicted octanol–water partition coefficient (Wildman–Crippen LogP) is 5.26. The summed E-state index contributed by atoms with van der Waals surface area (Å²) in [5.74, 6) is -0.667. The van der Waals surface area contributed by atoms with Crippen LogP contribution in [0.4, 0.5) is 4.39 Å². The van der Waals surface area contributed by atoms with E-state index in [1.807, 2.05) is 30.5 Å². The molecule has 1 heterocycles. The van der Waals surface area contributed by atoms with E-state index in [1.165, 1.54) is 12.1 Å². The molecule has 3 aromatic carbocycles. The van der Waals surface area contributed by atoms with Crippen LogP contribution in [0.15, 0.2) is 66.9 Å². The van der Waals surface area contributed by atoms with Gasteiger partial charge in [-0.3, -0.25) is 0 Å². The molecular formula is C25H22ClFN2O3. The second-order valence-electron chi connectivity index (χ2n) is 7.53. The van der Waals surface area contributed by atoms with Crippen LogP contribution in [0.1, 0.15) is 27.0 Å². The number of hydrogen-bond donors (Lipinski definition) is 2. The van der Waals surface area contributed by atoms with Crippen molar-refractivity contribution in [3.63, 3.8) is 0 Å². The van der Waals surface area contributed by atoms with E-state index < -0.39 is 5.97 Å². The Morgan fingerprint density at radius 3 is 2.69 bits per heavy atom. The highest BCUT2D eigenvalue weighted by atomic mass is 35.5. The van der Waals surface area contributed by atoms with Gasteiger partial charge in [0.2, 0.25) is 0 Å². The predicted molar refractivity (Wildman–Crippen MR) is 123 cm³/mol. The van der Waals surface area contributed by atoms with E-state index in [2.05, 4.69) is 4.57 Å². The zero-order valence-electron chi connectivity index (χ0n) is 17.2. The molecule has 0 saturated heterocycles. The molecule has 0 atom stereocenters. The molecule has 0 fully saturated rings. The van der Waals surface area contributed by atoms with Gasteiger partial charge in [-0.15, -0.1) is 0 Å². The van der Waals surface area contributed by atoms with Gasteiger partial charge in [-0.25, -0.2) is 9.18 Å². The molecule has 0 saturated carbocycles. The number of aromatic carboxylic acids is 1. The van der Waals surface area contributed by atoms with Crippen LogP contribution in [0.25, 0.3) is 10.9 Å². The van der Waals surface area contributed by atoms with Crippen LogP contribution < -0.4 is 10.5 Å². The highest BCUT2D eigenvalue weighted by Gasteiger charge is 2.12. The molecule has 0 aliphatic rings. The molecule has 0 bridgehead atoms. The lowest BCUT2D eigenvalue weighted by atomic mass is 10.1. The lowest BCUT2D eigenvalue weighted by molar-refractivity contribution is 0.0696. The van der Waals surface area contributed by atoms with E-state index in [9.17, 15) is 14.3 Å². The number of carboxylic acid groups (broad SMARTS) is 1. The summed E-state index contributed by atoms with van der Waals surface area (Å²) in [6.07, 6.45) is 2.75. The number of ether oxygens (including phenoxy) is 1. The monoisotopic (exact) mass is 452 g/mol. The molecule has 7 heteroatoms. The summed E-state index contributed by atoms with van der Waals surface area (Å²) in [5, 5.41) is 10.6. The summed E-state index contributed by atoms with van der Waals surface area (Å²) in [4.78, 5) is 11.3. The van der Waals surface area contributed by atoms with Crippen molar-refractivity contribution in [2.45, 2.75) is 19.6 Å². The molecule has 0 spiro atoms. The van der Waals surface area contributed by atoms with Crippen LogP contribution in [-0.2, 0) is 19.6 Å². The SMILES string of the molecule is NCCc1cn(Cc2cccc(C(=O)O)c2)c2ccc(OCc3ccc(F)cc3Cl)cc12. The van der Waals surface area contributed by atoms with Gasteiger partial charge in [0.15, 0.2) is 0 Å². The zero-order valence-corrected chi connectivity index (χ0v) is 18.0. The molecule has 5 nitrogen and oxygen atoms in total. The van der Waals surface area contributed by atoms with Gasteiger partial charge < -0.3 is 20.1 Å². The number of rotatable bonds is 8. The van der Waals surface area contributed by atoms with Crippen molar-refractivity contribution in [3.8, 4) is 5.75 Å². The summed E-state index contributed by atoms with van der Waals surface area (Å²) >= 11 is 6.09. The number of halogens is 2. The van der Waals surface area contributed by atoms with Gasteiger partial charge in [-0.05, 0) is 66.6 Å². The Balaban J connectivity index is 1.61. The fourth-order valence-corrected chi connectivity index (χ4v) is 3.95. The highest BCUT2D eigenvalue weighted by molar-refractivity contribution is 6.31. The van der Waals surface area contributed by atoms with Crippen molar-refractivity contribution in [2.75, 3.05) is 6.54 Å². The molecule has 3 N–H and O–H groups in total. The number of carbonyl (C=O) groups is 1. The number of nitrogens with two attached hydrogens (primary N) is 1. The average molecular weight is 453 g/mol. The van der Waals surface area contributed by atoms with E-state index in [0.717, 1.165) is 22.0 Å². The van der Waals surface area contributed by atoms with Gasteiger partial charge >= 0.3 is 5.97 Å². The molecular weight excluding hydrogens is 431 g/mol. The summed E-state index contributed by atoms with van der Waals surface area (Å²) in [6, 6.07) is 16.9. The second kappa shape index (κ2) is 9.42. The smallest absolute Gasteiger partial charge is 0.335 e. The van der Waals surface area contributed by atoms with Gasteiger partial charge in [0.05, 0.1) is 10.6 Å². The molecule has 4 aromatic rings. The minimum Gasteiger partial charge on any atom is -0.489 e. The van der Waals surface area contributed by atoms with E-state index in [0.29, 0.717) is 35.8 Å². The molecule has 1 aromatic heterocycles. The van der Waals surface area contributed by atoms with Crippen molar-refractivity contribution in [1.82, 2.24) is 4.57 Å². The minimum atomic E-state index is -0.948. The molecule has 164 valence electrons. The topological polar surface area (TPSA) is 77.5 Å². The van der Waals surface area contributed by atoms with Crippen LogP contribution in [0.2, 0.25) is 5.02 Å². The van der Waals surface area contributed by atoms with Crippen LogP contribution in [0, 0.1) is 5.82 Å². The Labute approximate surface area is 189 Å². The van der Waals surface area contributed by atoms with Gasteiger partial charge in [0.25, 0.3) is 0 Å². The van der Waals surface area contributed by atoms with Crippen molar-refractivity contribution in [3.05, 3.63) is 100.0 Å². The number of aromatic nitrogens is 1. The van der Waals surface area contributed by atoms with Crippen molar-refractivity contribution < 1.29 is 19.0 Å². The maximum absolute atomic E-state index is 13.3. The molecule has 0 aliphatic heterocycles. The highest BCUT2D eigenvalue weighted by Crippen LogP contribution is 2.28. The Morgan fingerprint density at radius 2 is 1.94 bits per heavy atom.